The van der Waals surface area contributed by atoms with Gasteiger partial charge in [-0.15, -0.1) is 0 Å². The Kier molecular flexibility index (Phi) is 13.0. The van der Waals surface area contributed by atoms with Crippen molar-refractivity contribution in [1.29, 1.82) is 0 Å². The van der Waals surface area contributed by atoms with Crippen LogP contribution in [0.2, 0.25) is 0 Å². The highest BCUT2D eigenvalue weighted by atomic mass is 16.4. The van der Waals surface area contributed by atoms with Gasteiger partial charge >= 0.3 is 0 Å². The molecule has 1 fully saturated rings. The maximum atomic E-state index is 13.7. The van der Waals surface area contributed by atoms with Crippen LogP contribution in [0.4, 0.5) is 0 Å². The summed E-state index contributed by atoms with van der Waals surface area (Å²) in [4.78, 5) is 51.1. The largest absolute Gasteiger partial charge is 0.508 e. The standard InChI is InChI=1S/C22H24N2O9.C10H15N3O5.2H2O/c1-21(32)7-5-4-6-8(25)9(7)15(26)10-12(21)17(28)13-14(24(2)3)16(27)11(20(23)31)19(30)22(13,33)18(10)29;11-6(4-14)10(18)13-12-3-5-1-2-7(15)9(17)8(5)16;;/h4-6,12-14,17,25-26,28,30,32-33H,1-3H3,(H2,23,31);1-2,6,12,14-17H,3-4,11H2,(H,13,18);2*1H2/t12-,13-,14+,17+,21-,22+;;;/m1.../s1. The molecule has 20 N–H and O–H groups in total. The van der Waals surface area contributed by atoms with Crippen LogP contribution in [0.25, 0.3) is 5.76 Å². The molecule has 292 valence electrons. The Balaban J connectivity index is 0.000000417. The Bertz CT molecular complexity index is 1860. The van der Waals surface area contributed by atoms with E-state index in [9.17, 15) is 60.0 Å². The smallest absolute Gasteiger partial charge is 0.255 e. The molecule has 0 heterocycles. The second-order valence-electron chi connectivity index (χ2n) is 12.6. The summed E-state index contributed by atoms with van der Waals surface area (Å²) in [6.07, 6.45) is -1.87. The monoisotopic (exact) mass is 753 g/mol. The molecule has 0 saturated heterocycles. The van der Waals surface area contributed by atoms with Crippen LogP contribution in [0.15, 0.2) is 47.2 Å². The van der Waals surface area contributed by atoms with Crippen molar-refractivity contribution in [2.75, 3.05) is 20.7 Å². The molecule has 0 aliphatic heterocycles. The number of hydrogen-bond donors (Lipinski definition) is 14. The van der Waals surface area contributed by atoms with Gasteiger partial charge in [-0.25, -0.2) is 5.43 Å². The van der Waals surface area contributed by atoms with Crippen LogP contribution in [0.1, 0.15) is 23.6 Å². The average molecular weight is 754 g/mol. The van der Waals surface area contributed by atoms with Crippen LogP contribution in [-0.2, 0) is 31.3 Å². The third kappa shape index (κ3) is 6.95. The molecular formula is C32H43N5O16. The lowest BCUT2D eigenvalue weighted by atomic mass is 9.53. The number of nitrogens with one attached hydrogen (secondary N) is 2. The molecule has 2 amide bonds. The number of carbonyl (C=O) groups excluding carboxylic acids is 4. The molecule has 3 aliphatic rings. The molecule has 1 saturated carbocycles. The van der Waals surface area contributed by atoms with Crippen LogP contribution >= 0.6 is 0 Å². The van der Waals surface area contributed by atoms with Crippen molar-refractivity contribution in [3.05, 3.63) is 63.9 Å². The summed E-state index contributed by atoms with van der Waals surface area (Å²) in [5.74, 6) is -11.8. The fourth-order valence-corrected chi connectivity index (χ4v) is 6.75. The number of aromatic hydroxyl groups is 4. The summed E-state index contributed by atoms with van der Waals surface area (Å²) in [5, 5.41) is 103. The quantitative estimate of drug-likeness (QED) is 0.0716. The maximum Gasteiger partial charge on any atom is 0.255 e. The number of nitrogens with two attached hydrogens (primary N) is 2. The van der Waals surface area contributed by atoms with E-state index in [1.165, 1.54) is 56.3 Å². The van der Waals surface area contributed by atoms with Crippen molar-refractivity contribution in [3.63, 3.8) is 0 Å². The van der Waals surface area contributed by atoms with E-state index in [1.807, 2.05) is 0 Å². The van der Waals surface area contributed by atoms with Crippen LogP contribution in [0.3, 0.4) is 0 Å². The second kappa shape index (κ2) is 15.7. The van der Waals surface area contributed by atoms with E-state index < -0.39 is 117 Å². The van der Waals surface area contributed by atoms with E-state index in [0.717, 1.165) is 0 Å². The number of phenols is 4. The summed E-state index contributed by atoms with van der Waals surface area (Å²) >= 11 is 0. The van der Waals surface area contributed by atoms with Gasteiger partial charge in [0.05, 0.1) is 47.3 Å². The maximum absolute atomic E-state index is 13.7. The summed E-state index contributed by atoms with van der Waals surface area (Å²) in [5.41, 5.74) is 8.41. The van der Waals surface area contributed by atoms with Gasteiger partial charge in [-0.3, -0.25) is 29.5 Å². The Morgan fingerprint density at radius 1 is 0.962 bits per heavy atom. The Morgan fingerprint density at radius 2 is 1.57 bits per heavy atom. The lowest BCUT2D eigenvalue weighted by molar-refractivity contribution is -0.181. The van der Waals surface area contributed by atoms with Crippen LogP contribution in [0.5, 0.6) is 23.0 Å². The molecule has 5 rings (SSSR count). The number of rotatable bonds is 7. The minimum Gasteiger partial charge on any atom is -0.508 e. The SMILES string of the molecule is CN(C)[C@@H]1C(=O)C(C(N)=O)=C(O)[C@@]2(O)C(=O)C3=C(O)c4c(O)cccc4[C@@](C)(O)[C@H]3[C@H](O)[C@@H]12.NC(CO)C(=O)NNCc1ccc(O)c(O)c1O.O.O. The first-order valence-electron chi connectivity index (χ1n) is 15.2. The van der Waals surface area contributed by atoms with Crippen LogP contribution in [-0.4, -0.2) is 135 Å². The highest BCUT2D eigenvalue weighted by Crippen LogP contribution is 2.57. The Hall–Kier alpha value is -5.36. The van der Waals surface area contributed by atoms with E-state index >= 15 is 0 Å². The average Bonchev–Trinajstić information content (AvgIpc) is 3.06. The molecule has 53 heavy (non-hydrogen) atoms. The molecule has 21 heteroatoms. The van der Waals surface area contributed by atoms with Gasteiger partial charge in [-0.05, 0) is 38.7 Å². The van der Waals surface area contributed by atoms with Gasteiger partial charge in [0.15, 0.2) is 22.9 Å². The summed E-state index contributed by atoms with van der Waals surface area (Å²) in [6, 6.07) is 4.03. The molecule has 0 radical (unpaired) electrons. The number of primary amides is 1. The van der Waals surface area contributed by atoms with E-state index in [1.54, 1.807) is 0 Å². The van der Waals surface area contributed by atoms with Gasteiger partial charge in [0, 0.05) is 12.1 Å². The van der Waals surface area contributed by atoms with Gasteiger partial charge in [0.2, 0.25) is 11.5 Å². The zero-order valence-electron chi connectivity index (χ0n) is 28.4. The lowest BCUT2D eigenvalue weighted by Gasteiger charge is -2.55. The third-order valence-electron chi connectivity index (χ3n) is 9.27. The number of amides is 2. The molecular weight excluding hydrogens is 710 g/mol. The van der Waals surface area contributed by atoms with Crippen molar-refractivity contribution in [2.24, 2.45) is 23.3 Å². The molecule has 3 aliphatic carbocycles. The molecule has 0 spiro atoms. The number of aliphatic hydroxyl groups excluding tert-OH is 4. The fraction of sp³-hybridized carbons (Fsp3) is 0.375. The fourth-order valence-electron chi connectivity index (χ4n) is 6.75. The van der Waals surface area contributed by atoms with Crippen molar-refractivity contribution >= 4 is 29.1 Å². The van der Waals surface area contributed by atoms with Gasteiger partial charge in [-0.1, -0.05) is 18.2 Å². The molecule has 21 nitrogen and oxygen atoms in total. The highest BCUT2D eigenvalue weighted by molar-refractivity contribution is 6.24. The number of nitrogens with zero attached hydrogens (tertiary/aromatic N) is 1. The van der Waals surface area contributed by atoms with Crippen molar-refractivity contribution in [1.82, 2.24) is 15.8 Å². The van der Waals surface area contributed by atoms with E-state index in [2.05, 4.69) is 10.9 Å². The first-order chi connectivity index (χ1) is 23.7. The van der Waals surface area contributed by atoms with Crippen LogP contribution in [0, 0.1) is 11.8 Å². The zero-order valence-corrected chi connectivity index (χ0v) is 28.4. The van der Waals surface area contributed by atoms with Crippen molar-refractivity contribution < 1.29 is 81.2 Å². The predicted molar refractivity (Wildman–Crippen MR) is 180 cm³/mol. The lowest BCUT2D eigenvalue weighted by Crippen LogP contribution is -2.71. The minimum atomic E-state index is -3.02. The molecule has 0 bridgehead atoms. The normalized spacial score (nSPS) is 26.5. The number of fused-ring (bicyclic) bond motifs is 3. The predicted octanol–water partition coefficient (Wildman–Crippen LogP) is -4.81. The molecule has 1 unspecified atom stereocenters. The number of carbonyl (C=O) groups is 4. The number of hydrazine groups is 1. The number of phenolic OH excluding ortho intramolecular Hbond substituents is 4. The minimum absolute atomic E-state index is 0. The van der Waals surface area contributed by atoms with Crippen molar-refractivity contribution in [3.8, 4) is 23.0 Å². The van der Waals surface area contributed by atoms with Crippen LogP contribution < -0.4 is 22.3 Å². The summed E-state index contributed by atoms with van der Waals surface area (Å²) in [7, 11) is 2.80. The Morgan fingerprint density at radius 3 is 2.11 bits per heavy atom. The van der Waals surface area contributed by atoms with Gasteiger partial charge in [0.25, 0.3) is 11.8 Å². The Labute approximate surface area is 299 Å². The first-order valence-corrected chi connectivity index (χ1v) is 15.2. The highest BCUT2D eigenvalue weighted by Gasteiger charge is 2.70. The number of likely N-dealkylation sites (N-methyl/N-ethyl adjacent to an activating group) is 1. The molecule has 2 aromatic rings. The molecule has 7 atom stereocenters. The van der Waals surface area contributed by atoms with Gasteiger partial charge in [-0.2, -0.15) is 0 Å². The van der Waals surface area contributed by atoms with Gasteiger partial charge in [0.1, 0.15) is 28.9 Å². The zero-order chi connectivity index (χ0) is 38.5. The number of benzene rings is 2. The van der Waals surface area contributed by atoms with E-state index in [0.29, 0.717) is 0 Å². The van der Waals surface area contributed by atoms with Gasteiger partial charge < -0.3 is 73.5 Å². The number of hydrogen-bond acceptors (Lipinski definition) is 17. The molecule has 0 aromatic heterocycles. The van der Waals surface area contributed by atoms with E-state index in [-0.39, 0.29) is 34.2 Å². The number of ketones is 2. The first kappa shape index (κ1) is 43.8. The topological polar surface area (TPSA) is 413 Å². The summed E-state index contributed by atoms with van der Waals surface area (Å²) in [6.45, 7) is 0.769. The van der Waals surface area contributed by atoms with Crippen molar-refractivity contribution in [2.45, 2.75) is 42.9 Å². The van der Waals surface area contributed by atoms with E-state index in [4.69, 9.17) is 21.7 Å². The third-order valence-corrected chi connectivity index (χ3v) is 9.27. The number of aliphatic hydroxyl groups is 6. The second-order valence-corrected chi connectivity index (χ2v) is 12.6. The molecule has 2 aromatic carbocycles. The number of Topliss-reactive ketones (excluding diaryl/α,β-unsaturated/α-hetero) is 2. The summed E-state index contributed by atoms with van der Waals surface area (Å²) < 4.78 is 0.